The smallest absolute Gasteiger partial charge is 0.388 e. The lowest BCUT2D eigenvalue weighted by Gasteiger charge is -2.11. The Balaban J connectivity index is 3.14. The number of halogens is 7. The summed E-state index contributed by atoms with van der Waals surface area (Å²) in [6.45, 7) is 0. The first-order chi connectivity index (χ1) is 7.20. The monoisotopic (exact) mass is 417 g/mol. The zero-order chi connectivity index (χ0) is 12.5. The topological polar surface area (TPSA) is 22.1 Å². The first-order valence-electron chi connectivity index (χ1n) is 3.60. The third kappa shape index (κ3) is 3.68. The van der Waals surface area contributed by atoms with E-state index < -0.39 is 24.4 Å². The van der Waals surface area contributed by atoms with Gasteiger partial charge in [0.2, 0.25) is 5.88 Å². The SMILES string of the molecule is FC(F)c1nc(OC(F)(F)F)cc(Br)c1I. The summed E-state index contributed by atoms with van der Waals surface area (Å²) in [6.07, 6.45) is -7.93. The van der Waals surface area contributed by atoms with Gasteiger partial charge in [-0.3, -0.25) is 0 Å². The summed E-state index contributed by atoms with van der Waals surface area (Å²) < 4.78 is 63.9. The van der Waals surface area contributed by atoms with Crippen LogP contribution in [-0.4, -0.2) is 11.3 Å². The normalized spacial score (nSPS) is 12.0. The molecule has 0 saturated carbocycles. The van der Waals surface area contributed by atoms with E-state index in [1.165, 1.54) is 0 Å². The molecule has 0 bridgehead atoms. The number of pyridine rings is 1. The van der Waals surface area contributed by atoms with Crippen LogP contribution >= 0.6 is 38.5 Å². The molecular weight excluding hydrogens is 416 g/mol. The number of hydrogen-bond acceptors (Lipinski definition) is 2. The molecule has 2 nitrogen and oxygen atoms in total. The molecule has 0 unspecified atom stereocenters. The van der Waals surface area contributed by atoms with Gasteiger partial charge in [-0.25, -0.2) is 13.8 Å². The van der Waals surface area contributed by atoms with Gasteiger partial charge in [0, 0.05) is 10.5 Å². The summed E-state index contributed by atoms with van der Waals surface area (Å²) in [5.41, 5.74) is -0.755. The fourth-order valence-corrected chi connectivity index (χ4v) is 1.72. The van der Waals surface area contributed by atoms with Gasteiger partial charge in [-0.15, -0.1) is 13.2 Å². The van der Waals surface area contributed by atoms with Gasteiger partial charge < -0.3 is 4.74 Å². The van der Waals surface area contributed by atoms with Crippen LogP contribution in [0.3, 0.4) is 0 Å². The Hall–Kier alpha value is -0.190. The Kier molecular flexibility index (Phi) is 4.32. The molecular formula is C7H2BrF5INO. The van der Waals surface area contributed by atoms with Crippen molar-refractivity contribution in [2.75, 3.05) is 0 Å². The Morgan fingerprint density at radius 3 is 2.38 bits per heavy atom. The average Bonchev–Trinajstić information content (AvgIpc) is 2.07. The molecule has 1 aromatic rings. The molecule has 9 heteroatoms. The van der Waals surface area contributed by atoms with E-state index in [2.05, 4.69) is 25.7 Å². The van der Waals surface area contributed by atoms with Crippen molar-refractivity contribution in [3.05, 3.63) is 19.8 Å². The van der Waals surface area contributed by atoms with Crippen LogP contribution in [0, 0.1) is 3.57 Å². The molecule has 0 N–H and O–H groups in total. The number of rotatable bonds is 2. The maximum absolute atomic E-state index is 12.4. The fraction of sp³-hybridized carbons (Fsp3) is 0.286. The van der Waals surface area contributed by atoms with Crippen LogP contribution in [0.1, 0.15) is 12.1 Å². The van der Waals surface area contributed by atoms with E-state index >= 15 is 0 Å². The Bertz CT molecular complexity index is 397. The molecule has 0 aromatic carbocycles. The van der Waals surface area contributed by atoms with E-state index in [9.17, 15) is 22.0 Å². The molecule has 0 amide bonds. The zero-order valence-electron chi connectivity index (χ0n) is 7.16. The molecule has 0 aliphatic rings. The summed E-state index contributed by atoms with van der Waals surface area (Å²) in [4.78, 5) is 3.09. The molecule has 1 heterocycles. The second-order valence-corrected chi connectivity index (χ2v) is 4.42. The van der Waals surface area contributed by atoms with Crippen LogP contribution in [-0.2, 0) is 0 Å². The van der Waals surface area contributed by atoms with E-state index in [4.69, 9.17) is 0 Å². The zero-order valence-corrected chi connectivity index (χ0v) is 10.9. The van der Waals surface area contributed by atoms with Crippen LogP contribution in [0.15, 0.2) is 10.5 Å². The first-order valence-corrected chi connectivity index (χ1v) is 5.47. The quantitative estimate of drug-likeness (QED) is 0.529. The number of ether oxygens (including phenoxy) is 1. The lowest BCUT2D eigenvalue weighted by atomic mass is 10.3. The van der Waals surface area contributed by atoms with Gasteiger partial charge in [-0.05, 0) is 38.5 Å². The van der Waals surface area contributed by atoms with Gasteiger partial charge in [0.25, 0.3) is 6.43 Å². The summed E-state index contributed by atoms with van der Waals surface area (Å²) >= 11 is 4.39. The Labute approximate surface area is 108 Å². The van der Waals surface area contributed by atoms with E-state index in [1.807, 2.05) is 0 Å². The van der Waals surface area contributed by atoms with Crippen LogP contribution in [0.2, 0.25) is 0 Å². The highest BCUT2D eigenvalue weighted by Crippen LogP contribution is 2.32. The highest BCUT2D eigenvalue weighted by Gasteiger charge is 2.32. The summed E-state index contributed by atoms with van der Waals surface area (Å²) in [5.74, 6) is -0.921. The Morgan fingerprint density at radius 1 is 1.38 bits per heavy atom. The molecule has 0 saturated heterocycles. The van der Waals surface area contributed by atoms with Crippen LogP contribution in [0.5, 0.6) is 5.88 Å². The predicted octanol–water partition coefficient (Wildman–Crippen LogP) is 4.28. The van der Waals surface area contributed by atoms with Gasteiger partial charge in [-0.2, -0.15) is 0 Å². The Morgan fingerprint density at radius 2 is 1.94 bits per heavy atom. The molecule has 16 heavy (non-hydrogen) atoms. The van der Waals surface area contributed by atoms with Crippen LogP contribution in [0.25, 0.3) is 0 Å². The van der Waals surface area contributed by atoms with E-state index in [0.29, 0.717) is 0 Å². The summed E-state index contributed by atoms with van der Waals surface area (Å²) in [7, 11) is 0. The standard InChI is InChI=1S/C7H2BrF5INO/c8-2-1-3(16-7(11,12)13)15-5(4(2)14)6(9)10/h1,6H. The molecule has 0 fully saturated rings. The maximum atomic E-state index is 12.4. The highest BCUT2D eigenvalue weighted by molar-refractivity contribution is 14.1. The van der Waals surface area contributed by atoms with Crippen molar-refractivity contribution in [2.24, 2.45) is 0 Å². The van der Waals surface area contributed by atoms with Gasteiger partial charge in [0.1, 0.15) is 5.69 Å². The van der Waals surface area contributed by atoms with Crippen LogP contribution in [0.4, 0.5) is 22.0 Å². The van der Waals surface area contributed by atoms with Crippen molar-refractivity contribution in [2.45, 2.75) is 12.8 Å². The lowest BCUT2D eigenvalue weighted by molar-refractivity contribution is -0.276. The molecule has 0 aliphatic carbocycles. The fourth-order valence-electron chi connectivity index (χ4n) is 0.810. The van der Waals surface area contributed by atoms with E-state index in [1.54, 1.807) is 22.6 Å². The lowest BCUT2D eigenvalue weighted by Crippen LogP contribution is -2.18. The minimum atomic E-state index is -4.96. The second-order valence-electron chi connectivity index (χ2n) is 2.49. The van der Waals surface area contributed by atoms with Gasteiger partial charge in [0.05, 0.1) is 3.57 Å². The van der Waals surface area contributed by atoms with Crippen molar-refractivity contribution in [1.82, 2.24) is 4.98 Å². The summed E-state index contributed by atoms with van der Waals surface area (Å²) in [6, 6.07) is 0.876. The third-order valence-corrected chi connectivity index (χ3v) is 3.84. The minimum absolute atomic E-state index is 0.0436. The van der Waals surface area contributed by atoms with Crippen molar-refractivity contribution in [3.63, 3.8) is 0 Å². The number of aromatic nitrogens is 1. The van der Waals surface area contributed by atoms with Crippen molar-refractivity contribution >= 4 is 38.5 Å². The van der Waals surface area contributed by atoms with E-state index in [0.717, 1.165) is 6.07 Å². The van der Waals surface area contributed by atoms with Crippen LogP contribution < -0.4 is 4.74 Å². The molecule has 1 rings (SSSR count). The first kappa shape index (κ1) is 13.9. The molecule has 0 atom stereocenters. The predicted molar refractivity (Wildman–Crippen MR) is 56.3 cm³/mol. The minimum Gasteiger partial charge on any atom is -0.388 e. The third-order valence-electron chi connectivity index (χ3n) is 1.34. The van der Waals surface area contributed by atoms with Crippen molar-refractivity contribution < 1.29 is 26.7 Å². The molecule has 0 aliphatic heterocycles. The van der Waals surface area contributed by atoms with Gasteiger partial charge >= 0.3 is 6.36 Å². The van der Waals surface area contributed by atoms with Gasteiger partial charge in [0.15, 0.2) is 0 Å². The number of alkyl halides is 5. The summed E-state index contributed by atoms with van der Waals surface area (Å²) in [5, 5.41) is 0. The number of hydrogen-bond donors (Lipinski definition) is 0. The van der Waals surface area contributed by atoms with Gasteiger partial charge in [-0.1, -0.05) is 0 Å². The van der Waals surface area contributed by atoms with Crippen molar-refractivity contribution in [3.8, 4) is 5.88 Å². The second kappa shape index (κ2) is 4.98. The number of nitrogens with zero attached hydrogens (tertiary/aromatic N) is 1. The molecule has 0 spiro atoms. The maximum Gasteiger partial charge on any atom is 0.574 e. The molecule has 90 valence electrons. The largest absolute Gasteiger partial charge is 0.574 e. The van der Waals surface area contributed by atoms with E-state index in [-0.39, 0.29) is 8.04 Å². The highest BCUT2D eigenvalue weighted by atomic mass is 127. The van der Waals surface area contributed by atoms with Crippen molar-refractivity contribution in [1.29, 1.82) is 0 Å². The molecule has 0 radical (unpaired) electrons. The average molecular weight is 418 g/mol. The molecule has 1 aromatic heterocycles.